The average molecular weight is 342 g/mol. The Morgan fingerprint density at radius 1 is 1.18 bits per heavy atom. The van der Waals surface area contributed by atoms with Crippen LogP contribution in [0.3, 0.4) is 0 Å². The minimum Gasteiger partial charge on any atom is -0.497 e. The molecule has 0 saturated carbocycles. The Morgan fingerprint density at radius 3 is 2.50 bits per heavy atom. The second-order valence-electron chi connectivity index (χ2n) is 4.60. The van der Waals surface area contributed by atoms with Crippen molar-refractivity contribution in [2.75, 3.05) is 13.7 Å². The highest BCUT2D eigenvalue weighted by atomic mass is 35.5. The standard InChI is InChI=1S/C16H14Cl2FNO2/c1-22-11-4-2-10(3-5-11)6-7-20-16(21)12-8-15(19)14(18)9-13(12)17/h2-5,8-9H,6-7H2,1H3,(H,20,21). The summed E-state index contributed by atoms with van der Waals surface area (Å²) in [5.74, 6) is -0.336. The number of nitrogens with one attached hydrogen (secondary N) is 1. The largest absolute Gasteiger partial charge is 0.497 e. The lowest BCUT2D eigenvalue weighted by Crippen LogP contribution is -2.26. The molecule has 1 amide bonds. The molecule has 0 aromatic heterocycles. The predicted molar refractivity (Wildman–Crippen MR) is 85.5 cm³/mol. The van der Waals surface area contributed by atoms with Crippen molar-refractivity contribution in [1.29, 1.82) is 0 Å². The van der Waals surface area contributed by atoms with Crippen LogP contribution in [0.1, 0.15) is 15.9 Å². The summed E-state index contributed by atoms with van der Waals surface area (Å²) in [6, 6.07) is 9.79. The van der Waals surface area contributed by atoms with E-state index >= 15 is 0 Å². The molecule has 0 radical (unpaired) electrons. The second kappa shape index (κ2) is 7.47. The van der Waals surface area contributed by atoms with E-state index in [0.29, 0.717) is 13.0 Å². The first-order valence-corrected chi connectivity index (χ1v) is 7.32. The molecule has 0 heterocycles. The van der Waals surface area contributed by atoms with Gasteiger partial charge in [-0.1, -0.05) is 35.3 Å². The number of methoxy groups -OCH3 is 1. The van der Waals surface area contributed by atoms with Gasteiger partial charge in [-0.25, -0.2) is 4.39 Å². The van der Waals surface area contributed by atoms with Crippen LogP contribution in [0.4, 0.5) is 4.39 Å². The highest BCUT2D eigenvalue weighted by molar-refractivity contribution is 6.36. The zero-order chi connectivity index (χ0) is 16.1. The molecule has 6 heteroatoms. The summed E-state index contributed by atoms with van der Waals surface area (Å²) in [4.78, 5) is 12.0. The van der Waals surface area contributed by atoms with Gasteiger partial charge in [-0.2, -0.15) is 0 Å². The number of halogens is 3. The Balaban J connectivity index is 1.94. The molecule has 116 valence electrons. The molecule has 0 fully saturated rings. The van der Waals surface area contributed by atoms with Gasteiger partial charge in [0.05, 0.1) is 22.7 Å². The Hall–Kier alpha value is -1.78. The topological polar surface area (TPSA) is 38.3 Å². The third kappa shape index (κ3) is 4.12. The Kier molecular flexibility index (Phi) is 5.63. The Bertz CT molecular complexity index is 675. The molecule has 0 unspecified atom stereocenters. The van der Waals surface area contributed by atoms with Gasteiger partial charge in [0.1, 0.15) is 11.6 Å². The highest BCUT2D eigenvalue weighted by Gasteiger charge is 2.13. The van der Waals surface area contributed by atoms with E-state index in [4.69, 9.17) is 27.9 Å². The zero-order valence-corrected chi connectivity index (χ0v) is 13.3. The minimum atomic E-state index is -0.675. The number of amides is 1. The van der Waals surface area contributed by atoms with Gasteiger partial charge in [0.15, 0.2) is 0 Å². The molecule has 0 spiro atoms. The van der Waals surface area contributed by atoms with Gasteiger partial charge in [0, 0.05) is 6.54 Å². The number of hydrogen-bond acceptors (Lipinski definition) is 2. The SMILES string of the molecule is COc1ccc(CCNC(=O)c2cc(F)c(Cl)cc2Cl)cc1. The fourth-order valence-electron chi connectivity index (χ4n) is 1.90. The summed E-state index contributed by atoms with van der Waals surface area (Å²) in [6.45, 7) is 0.408. The lowest BCUT2D eigenvalue weighted by molar-refractivity contribution is 0.0954. The molecule has 1 N–H and O–H groups in total. The van der Waals surface area contributed by atoms with Crippen molar-refractivity contribution in [2.45, 2.75) is 6.42 Å². The molecule has 0 atom stereocenters. The Morgan fingerprint density at radius 2 is 1.86 bits per heavy atom. The van der Waals surface area contributed by atoms with Gasteiger partial charge in [0.25, 0.3) is 5.91 Å². The molecule has 0 aliphatic heterocycles. The van der Waals surface area contributed by atoms with Crippen molar-refractivity contribution in [3.8, 4) is 5.75 Å². The van der Waals surface area contributed by atoms with Gasteiger partial charge in [0.2, 0.25) is 0 Å². The lowest BCUT2D eigenvalue weighted by atomic mass is 10.1. The van der Waals surface area contributed by atoms with E-state index in [1.165, 1.54) is 6.07 Å². The van der Waals surface area contributed by atoms with Crippen LogP contribution in [0.25, 0.3) is 0 Å². The minimum absolute atomic E-state index is 0.0679. The third-order valence-corrected chi connectivity index (χ3v) is 3.72. The van der Waals surface area contributed by atoms with Crippen LogP contribution in [-0.2, 0) is 6.42 Å². The van der Waals surface area contributed by atoms with Gasteiger partial charge in [-0.3, -0.25) is 4.79 Å². The van der Waals surface area contributed by atoms with E-state index in [9.17, 15) is 9.18 Å². The summed E-state index contributed by atoms with van der Waals surface area (Å²) in [7, 11) is 1.60. The fraction of sp³-hybridized carbons (Fsp3) is 0.188. The lowest BCUT2D eigenvalue weighted by Gasteiger charge is -2.08. The van der Waals surface area contributed by atoms with Crippen molar-refractivity contribution in [1.82, 2.24) is 5.32 Å². The first kappa shape index (κ1) is 16.6. The predicted octanol–water partition coefficient (Wildman–Crippen LogP) is 4.11. The van der Waals surface area contributed by atoms with Crippen LogP contribution in [0, 0.1) is 5.82 Å². The van der Waals surface area contributed by atoms with E-state index in [1.807, 2.05) is 24.3 Å². The smallest absolute Gasteiger partial charge is 0.252 e. The summed E-state index contributed by atoms with van der Waals surface area (Å²) in [5, 5.41) is 2.71. The molecule has 22 heavy (non-hydrogen) atoms. The number of carbonyl (C=O) groups excluding carboxylic acids is 1. The summed E-state index contributed by atoms with van der Waals surface area (Å²) >= 11 is 11.5. The number of benzene rings is 2. The van der Waals surface area contributed by atoms with Crippen LogP contribution >= 0.6 is 23.2 Å². The van der Waals surface area contributed by atoms with Crippen LogP contribution in [0.5, 0.6) is 5.75 Å². The maximum absolute atomic E-state index is 13.4. The highest BCUT2D eigenvalue weighted by Crippen LogP contribution is 2.24. The van der Waals surface area contributed by atoms with Gasteiger partial charge in [-0.15, -0.1) is 0 Å². The molecule has 0 aliphatic carbocycles. The summed E-state index contributed by atoms with van der Waals surface area (Å²) in [5.41, 5.74) is 1.12. The maximum Gasteiger partial charge on any atom is 0.252 e. The fourth-order valence-corrected chi connectivity index (χ4v) is 2.37. The van der Waals surface area contributed by atoms with Crippen molar-refractivity contribution in [3.05, 3.63) is 63.4 Å². The zero-order valence-electron chi connectivity index (χ0n) is 11.8. The molecular weight excluding hydrogens is 328 g/mol. The van der Waals surface area contributed by atoms with Gasteiger partial charge < -0.3 is 10.1 Å². The summed E-state index contributed by atoms with van der Waals surface area (Å²) < 4.78 is 18.5. The average Bonchev–Trinajstić information content (AvgIpc) is 2.51. The molecule has 0 aliphatic rings. The van der Waals surface area contributed by atoms with Gasteiger partial charge >= 0.3 is 0 Å². The van der Waals surface area contributed by atoms with Crippen LogP contribution in [-0.4, -0.2) is 19.6 Å². The van der Waals surface area contributed by atoms with Crippen molar-refractivity contribution in [2.24, 2.45) is 0 Å². The third-order valence-electron chi connectivity index (χ3n) is 3.11. The number of carbonyl (C=O) groups is 1. The quantitative estimate of drug-likeness (QED) is 0.831. The normalized spacial score (nSPS) is 10.4. The molecule has 3 nitrogen and oxygen atoms in total. The van der Waals surface area contributed by atoms with Crippen molar-refractivity contribution < 1.29 is 13.9 Å². The number of rotatable bonds is 5. The van der Waals surface area contributed by atoms with Crippen LogP contribution in [0.2, 0.25) is 10.0 Å². The number of ether oxygens (including phenoxy) is 1. The molecule has 2 rings (SSSR count). The molecular formula is C16H14Cl2FNO2. The van der Waals surface area contributed by atoms with E-state index in [1.54, 1.807) is 7.11 Å². The monoisotopic (exact) mass is 341 g/mol. The molecule has 0 bridgehead atoms. The molecule has 0 saturated heterocycles. The van der Waals surface area contributed by atoms with Crippen LogP contribution in [0.15, 0.2) is 36.4 Å². The molecule has 2 aromatic carbocycles. The van der Waals surface area contributed by atoms with Gasteiger partial charge in [-0.05, 0) is 36.2 Å². The van der Waals surface area contributed by atoms with E-state index < -0.39 is 11.7 Å². The van der Waals surface area contributed by atoms with E-state index in [-0.39, 0.29) is 15.6 Å². The van der Waals surface area contributed by atoms with Crippen molar-refractivity contribution >= 4 is 29.1 Å². The van der Waals surface area contributed by atoms with E-state index in [2.05, 4.69) is 5.32 Å². The molecule has 2 aromatic rings. The second-order valence-corrected chi connectivity index (χ2v) is 5.41. The van der Waals surface area contributed by atoms with E-state index in [0.717, 1.165) is 17.4 Å². The Labute approximate surface area is 138 Å². The maximum atomic E-state index is 13.4. The first-order valence-electron chi connectivity index (χ1n) is 6.57. The van der Waals surface area contributed by atoms with Crippen molar-refractivity contribution in [3.63, 3.8) is 0 Å². The first-order chi connectivity index (χ1) is 10.5. The number of hydrogen-bond donors (Lipinski definition) is 1. The van der Waals surface area contributed by atoms with Crippen LogP contribution < -0.4 is 10.1 Å². The summed E-state index contributed by atoms with van der Waals surface area (Å²) in [6.07, 6.45) is 0.642.